The van der Waals surface area contributed by atoms with Crippen molar-refractivity contribution in [1.29, 1.82) is 0 Å². The van der Waals surface area contributed by atoms with Gasteiger partial charge in [0.2, 0.25) is 15.9 Å². The number of nitrogens with one attached hydrogen (secondary N) is 1. The van der Waals surface area contributed by atoms with Crippen LogP contribution in [0.1, 0.15) is 10.4 Å². The van der Waals surface area contributed by atoms with Crippen LogP contribution < -0.4 is 15.4 Å². The molecule has 2 rings (SSSR count). The zero-order valence-electron chi connectivity index (χ0n) is 13.6. The Balaban J connectivity index is 2.28. The molecule has 0 bridgehead atoms. The predicted octanol–water partition coefficient (Wildman–Crippen LogP) is 2.50. The third kappa shape index (κ3) is 4.87. The second kappa shape index (κ2) is 7.94. The number of nitrogens with two attached hydrogens (primary N) is 1. The largest absolute Gasteiger partial charge is 0.366 e. The quantitative estimate of drug-likeness (QED) is 0.754. The van der Waals surface area contributed by atoms with Crippen LogP contribution in [0.3, 0.4) is 0 Å². The third-order valence-corrected chi connectivity index (χ3v) is 5.22. The number of carbonyl (C=O) groups excluding carboxylic acids is 2. The number of primary amides is 1. The molecule has 0 saturated heterocycles. The van der Waals surface area contributed by atoms with Crippen molar-refractivity contribution >= 4 is 56.4 Å². The molecule has 0 spiro atoms. The van der Waals surface area contributed by atoms with Crippen LogP contribution in [0.15, 0.2) is 42.5 Å². The summed E-state index contributed by atoms with van der Waals surface area (Å²) in [5.74, 6) is -1.37. The number of nitrogens with zero attached hydrogens (tertiary/aromatic N) is 1. The number of halogens is 2. The minimum atomic E-state index is -3.78. The minimum absolute atomic E-state index is 0.112. The lowest BCUT2D eigenvalue weighted by atomic mass is 10.1. The topological polar surface area (TPSA) is 110 Å². The van der Waals surface area contributed by atoms with E-state index in [1.54, 1.807) is 12.1 Å². The Kier molecular flexibility index (Phi) is 6.12. The highest BCUT2D eigenvalue weighted by Gasteiger charge is 2.22. The number of amides is 2. The first-order chi connectivity index (χ1) is 12.1. The van der Waals surface area contributed by atoms with Crippen LogP contribution in [-0.4, -0.2) is 33.0 Å². The highest BCUT2D eigenvalue weighted by molar-refractivity contribution is 7.92. The molecule has 0 aliphatic heterocycles. The first-order valence-corrected chi connectivity index (χ1v) is 9.81. The fourth-order valence-electron chi connectivity index (χ4n) is 2.17. The lowest BCUT2D eigenvalue weighted by Crippen LogP contribution is -2.37. The fourth-order valence-corrected chi connectivity index (χ4v) is 3.31. The number of sulfonamides is 1. The SMILES string of the molecule is CS(=O)(=O)N(CC(=O)Nc1ccccc1C(N)=O)c1ccc(Cl)c(Cl)c1. The number of hydrogen-bond acceptors (Lipinski definition) is 4. The zero-order valence-corrected chi connectivity index (χ0v) is 15.9. The minimum Gasteiger partial charge on any atom is -0.366 e. The molecule has 0 atom stereocenters. The molecule has 0 aliphatic carbocycles. The zero-order chi connectivity index (χ0) is 19.5. The maximum Gasteiger partial charge on any atom is 0.250 e. The highest BCUT2D eigenvalue weighted by atomic mass is 35.5. The molecule has 0 fully saturated rings. The van der Waals surface area contributed by atoms with E-state index in [4.69, 9.17) is 28.9 Å². The Labute approximate surface area is 160 Å². The van der Waals surface area contributed by atoms with Gasteiger partial charge in [0.25, 0.3) is 5.91 Å². The van der Waals surface area contributed by atoms with Crippen molar-refractivity contribution in [2.75, 3.05) is 22.4 Å². The number of hydrogen-bond donors (Lipinski definition) is 2. The van der Waals surface area contributed by atoms with E-state index in [1.165, 1.54) is 30.3 Å². The molecule has 10 heteroatoms. The Bertz CT molecular complexity index is 964. The number of para-hydroxylation sites is 1. The maximum atomic E-state index is 12.3. The summed E-state index contributed by atoms with van der Waals surface area (Å²) in [6.07, 6.45) is 0.958. The van der Waals surface area contributed by atoms with Gasteiger partial charge < -0.3 is 11.1 Å². The van der Waals surface area contributed by atoms with E-state index in [9.17, 15) is 18.0 Å². The van der Waals surface area contributed by atoms with Crippen LogP contribution in [0.2, 0.25) is 10.0 Å². The summed E-state index contributed by atoms with van der Waals surface area (Å²) < 4.78 is 25.0. The van der Waals surface area contributed by atoms with Gasteiger partial charge in [-0.3, -0.25) is 13.9 Å². The van der Waals surface area contributed by atoms with E-state index in [2.05, 4.69) is 5.32 Å². The average Bonchev–Trinajstić information content (AvgIpc) is 2.54. The monoisotopic (exact) mass is 415 g/mol. The molecule has 2 aromatic rings. The van der Waals surface area contributed by atoms with E-state index in [1.807, 2.05) is 0 Å². The van der Waals surface area contributed by atoms with Gasteiger partial charge in [-0.25, -0.2) is 8.42 Å². The van der Waals surface area contributed by atoms with Gasteiger partial charge in [-0.1, -0.05) is 35.3 Å². The van der Waals surface area contributed by atoms with Crippen LogP contribution >= 0.6 is 23.2 Å². The normalized spacial score (nSPS) is 11.0. The second-order valence-electron chi connectivity index (χ2n) is 5.33. The maximum absolute atomic E-state index is 12.3. The Morgan fingerprint density at radius 3 is 2.35 bits per heavy atom. The van der Waals surface area contributed by atoms with Gasteiger partial charge in [0.1, 0.15) is 6.54 Å². The van der Waals surface area contributed by atoms with E-state index in [0.717, 1.165) is 10.6 Å². The van der Waals surface area contributed by atoms with Crippen molar-refractivity contribution < 1.29 is 18.0 Å². The Morgan fingerprint density at radius 2 is 1.77 bits per heavy atom. The van der Waals surface area contributed by atoms with E-state index < -0.39 is 28.4 Å². The molecule has 3 N–H and O–H groups in total. The average molecular weight is 416 g/mol. The molecule has 2 amide bonds. The molecule has 0 unspecified atom stereocenters. The summed E-state index contributed by atoms with van der Waals surface area (Å²) >= 11 is 11.8. The fraction of sp³-hybridized carbons (Fsp3) is 0.125. The van der Waals surface area contributed by atoms with Gasteiger partial charge in [-0.05, 0) is 30.3 Å². The van der Waals surface area contributed by atoms with Crippen molar-refractivity contribution in [1.82, 2.24) is 0 Å². The Morgan fingerprint density at radius 1 is 1.12 bits per heavy atom. The van der Waals surface area contributed by atoms with Gasteiger partial charge in [0.15, 0.2) is 0 Å². The summed E-state index contributed by atoms with van der Waals surface area (Å²) in [6.45, 7) is -0.524. The predicted molar refractivity (Wildman–Crippen MR) is 102 cm³/mol. The molecule has 2 aromatic carbocycles. The molecule has 26 heavy (non-hydrogen) atoms. The summed E-state index contributed by atoms with van der Waals surface area (Å²) in [5.41, 5.74) is 5.74. The van der Waals surface area contributed by atoms with E-state index >= 15 is 0 Å². The second-order valence-corrected chi connectivity index (χ2v) is 8.05. The van der Waals surface area contributed by atoms with Crippen LogP contribution in [0.4, 0.5) is 11.4 Å². The van der Waals surface area contributed by atoms with Gasteiger partial charge in [0, 0.05) is 0 Å². The van der Waals surface area contributed by atoms with E-state index in [-0.39, 0.29) is 27.0 Å². The van der Waals surface area contributed by atoms with Gasteiger partial charge in [-0.2, -0.15) is 0 Å². The molecular formula is C16H15Cl2N3O4S. The molecule has 0 aromatic heterocycles. The van der Waals surface area contributed by atoms with Crippen LogP contribution in [0.25, 0.3) is 0 Å². The number of rotatable bonds is 6. The molecule has 0 heterocycles. The molecule has 0 aliphatic rings. The summed E-state index contributed by atoms with van der Waals surface area (Å²) in [6, 6.07) is 10.3. The molecular weight excluding hydrogens is 401 g/mol. The molecule has 138 valence electrons. The van der Waals surface area contributed by atoms with Crippen LogP contribution in [0, 0.1) is 0 Å². The van der Waals surface area contributed by atoms with Crippen LogP contribution in [-0.2, 0) is 14.8 Å². The number of benzene rings is 2. The van der Waals surface area contributed by atoms with Gasteiger partial charge in [0.05, 0.1) is 33.2 Å². The van der Waals surface area contributed by atoms with E-state index in [0.29, 0.717) is 0 Å². The highest BCUT2D eigenvalue weighted by Crippen LogP contribution is 2.28. The van der Waals surface area contributed by atoms with Crippen molar-refractivity contribution in [3.63, 3.8) is 0 Å². The van der Waals surface area contributed by atoms with Gasteiger partial charge >= 0.3 is 0 Å². The van der Waals surface area contributed by atoms with Crippen molar-refractivity contribution in [2.24, 2.45) is 5.73 Å². The first kappa shape index (κ1) is 20.0. The van der Waals surface area contributed by atoms with Crippen molar-refractivity contribution in [3.8, 4) is 0 Å². The van der Waals surface area contributed by atoms with Crippen molar-refractivity contribution in [3.05, 3.63) is 58.1 Å². The molecule has 0 saturated carbocycles. The first-order valence-electron chi connectivity index (χ1n) is 7.21. The van der Waals surface area contributed by atoms with Crippen molar-refractivity contribution in [2.45, 2.75) is 0 Å². The van der Waals surface area contributed by atoms with Gasteiger partial charge in [-0.15, -0.1) is 0 Å². The van der Waals surface area contributed by atoms with Crippen LogP contribution in [0.5, 0.6) is 0 Å². The standard InChI is InChI=1S/C16H15Cl2N3O4S/c1-26(24,25)21(10-6-7-12(17)13(18)8-10)9-15(22)20-14-5-3-2-4-11(14)16(19)23/h2-8H,9H2,1H3,(H2,19,23)(H,20,22). The lowest BCUT2D eigenvalue weighted by Gasteiger charge is -2.22. The molecule has 7 nitrogen and oxygen atoms in total. The summed E-state index contributed by atoms with van der Waals surface area (Å²) in [4.78, 5) is 23.8. The Hall–Kier alpha value is -2.29. The smallest absolute Gasteiger partial charge is 0.250 e. The lowest BCUT2D eigenvalue weighted by molar-refractivity contribution is -0.114. The third-order valence-electron chi connectivity index (χ3n) is 3.35. The number of anilines is 2. The summed E-state index contributed by atoms with van der Waals surface area (Å²) in [5, 5.41) is 2.89. The number of carbonyl (C=O) groups is 2. The molecule has 0 radical (unpaired) electrons. The summed E-state index contributed by atoms with van der Waals surface area (Å²) in [7, 11) is -3.78.